The number of para-hydroxylation sites is 1. The Labute approximate surface area is 199 Å². The van der Waals surface area contributed by atoms with Crippen LogP contribution in [-0.2, 0) is 4.57 Å². The number of nitrogens with zero attached hydrogens (tertiary/aromatic N) is 3. The normalized spacial score (nSPS) is 17.0. The third-order valence-electron chi connectivity index (χ3n) is 5.72. The van der Waals surface area contributed by atoms with Crippen LogP contribution >= 0.6 is 7.14 Å². The maximum atomic E-state index is 13.9. The number of amidine groups is 1. The molecular weight excluding hydrogens is 460 g/mol. The first kappa shape index (κ1) is 25.9. The molecule has 2 aromatic rings. The van der Waals surface area contributed by atoms with E-state index in [2.05, 4.69) is 15.2 Å². The molecule has 0 aliphatic carbocycles. The lowest BCUT2D eigenvalue weighted by molar-refractivity contribution is -0.0871. The molecule has 1 aliphatic heterocycles. The number of hydrogen-bond donors (Lipinski definition) is 1. The zero-order valence-electron chi connectivity index (χ0n) is 20.0. The number of piperazine rings is 1. The number of nitrogens with one attached hydrogen (secondary N) is 1. The van der Waals surface area contributed by atoms with Crippen LogP contribution in [-0.4, -0.2) is 62.6 Å². The molecule has 1 fully saturated rings. The lowest BCUT2D eigenvalue weighted by Gasteiger charge is -2.38. The van der Waals surface area contributed by atoms with Crippen molar-refractivity contribution in [3.8, 4) is 0 Å². The molecule has 3 rings (SSSR count). The Bertz CT molecular complexity index is 1050. The van der Waals surface area contributed by atoms with Gasteiger partial charge in [-0.05, 0) is 63.6 Å². The molecule has 0 bridgehead atoms. The van der Waals surface area contributed by atoms with Gasteiger partial charge in [0.25, 0.3) is 0 Å². The predicted molar refractivity (Wildman–Crippen MR) is 136 cm³/mol. The van der Waals surface area contributed by atoms with Crippen molar-refractivity contribution in [2.75, 3.05) is 49.7 Å². The summed E-state index contributed by atoms with van der Waals surface area (Å²) in [5, 5.41) is 3.90. The number of benzene rings is 2. The fraction of sp³-hybridized carbons (Fsp3) is 0.400. The molecule has 1 heterocycles. The van der Waals surface area contributed by atoms with E-state index in [0.717, 1.165) is 17.1 Å². The summed E-state index contributed by atoms with van der Waals surface area (Å²) in [7, 11) is -2.38. The Morgan fingerprint density at radius 1 is 1.03 bits per heavy atom. The van der Waals surface area contributed by atoms with Crippen molar-refractivity contribution in [3.05, 3.63) is 66.2 Å². The average Bonchev–Trinajstić information content (AvgIpc) is 2.78. The van der Waals surface area contributed by atoms with Crippen molar-refractivity contribution in [3.63, 3.8) is 0 Å². The number of halogens is 3. The van der Waals surface area contributed by atoms with Gasteiger partial charge in [-0.2, -0.15) is 13.2 Å². The minimum absolute atomic E-state index is 0.0500. The maximum absolute atomic E-state index is 13.9. The third-order valence-corrected chi connectivity index (χ3v) is 7.26. The van der Waals surface area contributed by atoms with Gasteiger partial charge in [0.1, 0.15) is 19.1 Å². The monoisotopic (exact) mass is 492 g/mol. The summed E-state index contributed by atoms with van der Waals surface area (Å²) < 4.78 is 53.8. The van der Waals surface area contributed by atoms with Crippen molar-refractivity contribution in [2.45, 2.75) is 26.2 Å². The Balaban J connectivity index is 1.80. The summed E-state index contributed by atoms with van der Waals surface area (Å²) in [6, 6.07) is 17.0. The second-order valence-electron chi connectivity index (χ2n) is 8.68. The van der Waals surface area contributed by atoms with Crippen LogP contribution in [0.25, 0.3) is 0 Å². The fourth-order valence-corrected chi connectivity index (χ4v) is 4.80. The largest absolute Gasteiger partial charge is 0.419 e. The topological polar surface area (TPSA) is 47.9 Å². The van der Waals surface area contributed by atoms with E-state index in [-0.39, 0.29) is 5.84 Å². The Hall–Kier alpha value is -2.73. The Morgan fingerprint density at radius 3 is 2.12 bits per heavy atom. The van der Waals surface area contributed by atoms with Gasteiger partial charge in [-0.15, -0.1) is 0 Å². The van der Waals surface area contributed by atoms with Gasteiger partial charge in [0.2, 0.25) is 0 Å². The smallest absolute Gasteiger partial charge is 0.368 e. The van der Waals surface area contributed by atoms with Crippen LogP contribution in [0.15, 0.2) is 71.2 Å². The summed E-state index contributed by atoms with van der Waals surface area (Å²) in [5.41, 5.74) is 1.03. The van der Waals surface area contributed by atoms with E-state index in [1.54, 1.807) is 49.4 Å². The van der Waals surface area contributed by atoms with Crippen LogP contribution in [0, 0.1) is 0 Å². The Morgan fingerprint density at radius 2 is 1.62 bits per heavy atom. The Kier molecular flexibility index (Phi) is 8.13. The summed E-state index contributed by atoms with van der Waals surface area (Å²) in [4.78, 5) is 8.36. The van der Waals surface area contributed by atoms with Crippen molar-refractivity contribution >= 4 is 29.7 Å². The minimum atomic E-state index is -4.51. The molecule has 2 aromatic carbocycles. The van der Waals surface area contributed by atoms with Crippen molar-refractivity contribution < 1.29 is 17.7 Å². The first-order valence-electron chi connectivity index (χ1n) is 11.3. The van der Waals surface area contributed by atoms with E-state index in [9.17, 15) is 17.7 Å². The van der Waals surface area contributed by atoms with Crippen LogP contribution in [0.3, 0.4) is 0 Å². The fourth-order valence-electron chi connectivity index (χ4n) is 3.93. The molecule has 1 atom stereocenters. The number of allylic oxidation sites excluding steroid dienone is 1. The standard InChI is InChI=1S/C25H32F3N4OP/c1-5-23(25(26,27)28)24(32-17-15-31(16-18-32)21-9-7-6-8-10-21)30-19(2)29-20-11-13-22(14-12-20)34(3,4)33/h5-14,19,29H,15-18H2,1-4H3/b23-5+,30-24+. The van der Waals surface area contributed by atoms with Gasteiger partial charge in [0.15, 0.2) is 0 Å². The molecule has 5 nitrogen and oxygen atoms in total. The van der Waals surface area contributed by atoms with Crippen LogP contribution in [0.2, 0.25) is 0 Å². The van der Waals surface area contributed by atoms with Gasteiger partial charge >= 0.3 is 6.18 Å². The van der Waals surface area contributed by atoms with Crippen LogP contribution < -0.4 is 15.5 Å². The lowest BCUT2D eigenvalue weighted by atomic mass is 10.1. The van der Waals surface area contributed by atoms with Gasteiger partial charge < -0.3 is 19.7 Å². The summed E-state index contributed by atoms with van der Waals surface area (Å²) in [6.45, 7) is 8.59. The minimum Gasteiger partial charge on any atom is -0.368 e. The highest BCUT2D eigenvalue weighted by atomic mass is 31.2. The van der Waals surface area contributed by atoms with E-state index < -0.39 is 25.1 Å². The highest BCUT2D eigenvalue weighted by Gasteiger charge is 2.39. The van der Waals surface area contributed by atoms with Gasteiger partial charge in [-0.3, -0.25) is 0 Å². The summed E-state index contributed by atoms with van der Waals surface area (Å²) in [5.74, 6) is -0.0500. The molecule has 0 radical (unpaired) electrons. The highest BCUT2D eigenvalue weighted by Crippen LogP contribution is 2.34. The molecule has 184 valence electrons. The number of aliphatic imine (C=N–C) groups is 1. The van der Waals surface area contributed by atoms with Gasteiger partial charge in [0, 0.05) is 42.9 Å². The third kappa shape index (κ3) is 6.66. The number of anilines is 2. The second kappa shape index (κ2) is 10.7. The molecule has 1 N–H and O–H groups in total. The molecule has 0 amide bonds. The van der Waals surface area contributed by atoms with Crippen molar-refractivity contribution in [2.24, 2.45) is 4.99 Å². The molecular formula is C25H32F3N4OP. The molecule has 34 heavy (non-hydrogen) atoms. The number of rotatable bonds is 6. The van der Waals surface area contributed by atoms with Crippen molar-refractivity contribution in [1.82, 2.24) is 4.90 Å². The SMILES string of the molecule is C/C=C(\C(=N/C(C)Nc1ccc(P(C)(C)=O)cc1)N1CCN(c2ccccc2)CC1)C(F)(F)F. The molecule has 1 aliphatic rings. The highest BCUT2D eigenvalue weighted by molar-refractivity contribution is 7.70. The summed E-state index contributed by atoms with van der Waals surface area (Å²) in [6.07, 6.45) is -4.01. The zero-order valence-corrected chi connectivity index (χ0v) is 20.9. The lowest BCUT2D eigenvalue weighted by Crippen LogP contribution is -2.50. The number of alkyl halides is 3. The summed E-state index contributed by atoms with van der Waals surface area (Å²) >= 11 is 0. The molecule has 0 spiro atoms. The maximum Gasteiger partial charge on any atom is 0.419 e. The first-order chi connectivity index (χ1) is 16.0. The zero-order chi connectivity index (χ0) is 24.9. The van der Waals surface area contributed by atoms with E-state index >= 15 is 0 Å². The molecule has 0 aromatic heterocycles. The van der Waals surface area contributed by atoms with E-state index in [4.69, 9.17) is 0 Å². The van der Waals surface area contributed by atoms with Crippen LogP contribution in [0.4, 0.5) is 24.5 Å². The molecule has 1 saturated heterocycles. The van der Waals surface area contributed by atoms with Gasteiger partial charge in [0.05, 0.1) is 5.57 Å². The van der Waals surface area contributed by atoms with Crippen LogP contribution in [0.1, 0.15) is 13.8 Å². The van der Waals surface area contributed by atoms with Crippen LogP contribution in [0.5, 0.6) is 0 Å². The predicted octanol–water partition coefficient (Wildman–Crippen LogP) is 5.42. The van der Waals surface area contributed by atoms with Gasteiger partial charge in [-0.1, -0.05) is 24.3 Å². The van der Waals surface area contributed by atoms with E-state index in [0.29, 0.717) is 31.9 Å². The molecule has 9 heteroatoms. The quantitative estimate of drug-likeness (QED) is 0.332. The molecule has 1 unspecified atom stereocenters. The molecule has 0 saturated carbocycles. The van der Waals surface area contributed by atoms with Crippen molar-refractivity contribution in [1.29, 1.82) is 0 Å². The average molecular weight is 493 g/mol. The second-order valence-corrected chi connectivity index (χ2v) is 11.9. The first-order valence-corrected chi connectivity index (χ1v) is 13.9. The number of hydrogen-bond acceptors (Lipinski definition) is 4. The van der Waals surface area contributed by atoms with E-state index in [1.807, 2.05) is 30.3 Å². The van der Waals surface area contributed by atoms with Gasteiger partial charge in [-0.25, -0.2) is 4.99 Å². The van der Waals surface area contributed by atoms with E-state index in [1.165, 1.54) is 6.92 Å².